The summed E-state index contributed by atoms with van der Waals surface area (Å²) in [6.45, 7) is 8.81. The van der Waals surface area contributed by atoms with E-state index in [2.05, 4.69) is 19.2 Å². The van der Waals surface area contributed by atoms with Crippen molar-refractivity contribution in [1.29, 1.82) is 0 Å². The summed E-state index contributed by atoms with van der Waals surface area (Å²) in [5.74, 6) is -0.0867. The first kappa shape index (κ1) is 14.1. The SMILES string of the molecule is C=C(C)CN(CC)C(=O)c1cc(S)ccc1Cl. The molecule has 0 radical (unpaired) electrons. The molecule has 92 valence electrons. The Bertz CT molecular complexity index is 445. The first-order chi connectivity index (χ1) is 7.95. The topological polar surface area (TPSA) is 20.3 Å². The second-order valence-corrected chi connectivity index (χ2v) is 4.86. The maximum Gasteiger partial charge on any atom is 0.255 e. The lowest BCUT2D eigenvalue weighted by Gasteiger charge is -2.21. The molecule has 0 aliphatic heterocycles. The number of halogens is 1. The second kappa shape index (κ2) is 6.12. The van der Waals surface area contributed by atoms with Crippen LogP contribution in [0.25, 0.3) is 0 Å². The Hall–Kier alpha value is -0.930. The van der Waals surface area contributed by atoms with Crippen molar-refractivity contribution in [3.8, 4) is 0 Å². The van der Waals surface area contributed by atoms with Gasteiger partial charge in [-0.05, 0) is 32.0 Å². The number of benzene rings is 1. The summed E-state index contributed by atoms with van der Waals surface area (Å²) in [6, 6.07) is 5.14. The predicted molar refractivity (Wildman–Crippen MR) is 75.1 cm³/mol. The summed E-state index contributed by atoms with van der Waals surface area (Å²) in [5, 5.41) is 0.452. The number of amides is 1. The Morgan fingerprint density at radius 3 is 2.71 bits per heavy atom. The largest absolute Gasteiger partial charge is 0.335 e. The molecular weight excluding hydrogens is 254 g/mol. The van der Waals surface area contributed by atoms with Crippen molar-refractivity contribution < 1.29 is 4.79 Å². The number of carbonyl (C=O) groups is 1. The van der Waals surface area contributed by atoms with E-state index in [1.165, 1.54) is 0 Å². The Morgan fingerprint density at radius 1 is 1.53 bits per heavy atom. The molecule has 1 aromatic rings. The van der Waals surface area contributed by atoms with E-state index in [-0.39, 0.29) is 5.91 Å². The van der Waals surface area contributed by atoms with Gasteiger partial charge < -0.3 is 4.90 Å². The van der Waals surface area contributed by atoms with Crippen LogP contribution in [0.4, 0.5) is 0 Å². The fourth-order valence-corrected chi connectivity index (χ4v) is 1.90. The molecule has 0 fully saturated rings. The van der Waals surface area contributed by atoms with Gasteiger partial charge in [-0.15, -0.1) is 12.6 Å². The van der Waals surface area contributed by atoms with Gasteiger partial charge in [-0.1, -0.05) is 23.8 Å². The molecule has 1 amide bonds. The molecule has 0 unspecified atom stereocenters. The molecule has 0 aliphatic rings. The van der Waals surface area contributed by atoms with E-state index >= 15 is 0 Å². The first-order valence-corrected chi connectivity index (χ1v) is 6.20. The molecule has 2 nitrogen and oxygen atoms in total. The number of carbonyl (C=O) groups excluding carboxylic acids is 1. The molecule has 0 heterocycles. The van der Waals surface area contributed by atoms with Crippen LogP contribution in [0.1, 0.15) is 24.2 Å². The minimum atomic E-state index is -0.0867. The van der Waals surface area contributed by atoms with Gasteiger partial charge in [0, 0.05) is 18.0 Å². The van der Waals surface area contributed by atoms with Gasteiger partial charge in [-0.2, -0.15) is 0 Å². The number of hydrogen-bond acceptors (Lipinski definition) is 2. The van der Waals surface area contributed by atoms with Crippen LogP contribution in [0.2, 0.25) is 5.02 Å². The molecule has 17 heavy (non-hydrogen) atoms. The van der Waals surface area contributed by atoms with Gasteiger partial charge in [0.25, 0.3) is 5.91 Å². The molecule has 1 rings (SSSR count). The van der Waals surface area contributed by atoms with Crippen molar-refractivity contribution >= 4 is 30.1 Å². The Morgan fingerprint density at radius 2 is 2.18 bits per heavy atom. The number of hydrogen-bond donors (Lipinski definition) is 1. The van der Waals surface area contributed by atoms with Crippen molar-refractivity contribution in [2.24, 2.45) is 0 Å². The summed E-state index contributed by atoms with van der Waals surface area (Å²) in [7, 11) is 0. The number of rotatable bonds is 4. The van der Waals surface area contributed by atoms with E-state index in [0.29, 0.717) is 23.7 Å². The third-order valence-electron chi connectivity index (χ3n) is 2.31. The smallest absolute Gasteiger partial charge is 0.255 e. The number of nitrogens with zero attached hydrogens (tertiary/aromatic N) is 1. The maximum atomic E-state index is 12.3. The number of likely N-dealkylation sites (N-methyl/N-ethyl adjacent to an activating group) is 1. The van der Waals surface area contributed by atoms with Crippen molar-refractivity contribution in [2.45, 2.75) is 18.7 Å². The van der Waals surface area contributed by atoms with E-state index in [0.717, 1.165) is 10.5 Å². The Labute approximate surface area is 113 Å². The minimum Gasteiger partial charge on any atom is -0.335 e. The molecule has 0 saturated heterocycles. The van der Waals surface area contributed by atoms with Gasteiger partial charge in [0.2, 0.25) is 0 Å². The fraction of sp³-hybridized carbons (Fsp3) is 0.308. The van der Waals surface area contributed by atoms with Gasteiger partial charge in [-0.25, -0.2) is 0 Å². The Kier molecular flexibility index (Phi) is 5.09. The number of thiol groups is 1. The van der Waals surface area contributed by atoms with Gasteiger partial charge in [0.15, 0.2) is 0 Å². The third-order valence-corrected chi connectivity index (χ3v) is 2.92. The van der Waals surface area contributed by atoms with Crippen LogP contribution in [0, 0.1) is 0 Å². The van der Waals surface area contributed by atoms with Gasteiger partial charge in [0.1, 0.15) is 0 Å². The van der Waals surface area contributed by atoms with Crippen LogP contribution in [0.15, 0.2) is 35.2 Å². The highest BCUT2D eigenvalue weighted by molar-refractivity contribution is 7.80. The zero-order valence-corrected chi connectivity index (χ0v) is 11.7. The van der Waals surface area contributed by atoms with E-state index in [1.807, 2.05) is 13.8 Å². The van der Waals surface area contributed by atoms with Crippen LogP contribution >= 0.6 is 24.2 Å². The van der Waals surface area contributed by atoms with Crippen LogP contribution in [-0.2, 0) is 0 Å². The molecule has 0 aliphatic carbocycles. The summed E-state index contributed by atoms with van der Waals surface area (Å²) >= 11 is 10.2. The monoisotopic (exact) mass is 269 g/mol. The van der Waals surface area contributed by atoms with Crippen LogP contribution < -0.4 is 0 Å². The molecule has 0 N–H and O–H groups in total. The molecule has 0 spiro atoms. The molecule has 0 aromatic heterocycles. The van der Waals surface area contributed by atoms with E-state index in [1.54, 1.807) is 23.1 Å². The van der Waals surface area contributed by atoms with Crippen LogP contribution in [0.5, 0.6) is 0 Å². The average molecular weight is 270 g/mol. The van der Waals surface area contributed by atoms with Crippen LogP contribution in [0.3, 0.4) is 0 Å². The lowest BCUT2D eigenvalue weighted by atomic mass is 10.2. The van der Waals surface area contributed by atoms with Crippen LogP contribution in [-0.4, -0.2) is 23.9 Å². The van der Waals surface area contributed by atoms with Crippen molar-refractivity contribution in [3.63, 3.8) is 0 Å². The normalized spacial score (nSPS) is 10.1. The van der Waals surface area contributed by atoms with Gasteiger partial charge >= 0.3 is 0 Å². The predicted octanol–water partition coefficient (Wildman–Crippen LogP) is 3.67. The van der Waals surface area contributed by atoms with Crippen molar-refractivity contribution in [1.82, 2.24) is 4.90 Å². The highest BCUT2D eigenvalue weighted by Crippen LogP contribution is 2.21. The lowest BCUT2D eigenvalue weighted by Crippen LogP contribution is -2.32. The summed E-state index contributed by atoms with van der Waals surface area (Å²) < 4.78 is 0. The Balaban J connectivity index is 3.01. The maximum absolute atomic E-state index is 12.3. The molecular formula is C13H16ClNOS. The summed E-state index contributed by atoms with van der Waals surface area (Å²) in [6.07, 6.45) is 0. The van der Waals surface area contributed by atoms with E-state index in [9.17, 15) is 4.79 Å². The van der Waals surface area contributed by atoms with E-state index in [4.69, 9.17) is 11.6 Å². The highest BCUT2D eigenvalue weighted by Gasteiger charge is 2.17. The van der Waals surface area contributed by atoms with E-state index < -0.39 is 0 Å². The lowest BCUT2D eigenvalue weighted by molar-refractivity contribution is 0.0778. The third kappa shape index (κ3) is 3.79. The molecule has 1 aromatic carbocycles. The first-order valence-electron chi connectivity index (χ1n) is 5.38. The van der Waals surface area contributed by atoms with Gasteiger partial charge in [-0.3, -0.25) is 4.79 Å². The highest BCUT2D eigenvalue weighted by atomic mass is 35.5. The van der Waals surface area contributed by atoms with Crippen molar-refractivity contribution in [2.75, 3.05) is 13.1 Å². The minimum absolute atomic E-state index is 0.0867. The molecule has 0 saturated carbocycles. The summed E-state index contributed by atoms with van der Waals surface area (Å²) in [5.41, 5.74) is 1.43. The molecule has 4 heteroatoms. The zero-order chi connectivity index (χ0) is 13.0. The standard InChI is InChI=1S/C13H16ClNOS/c1-4-15(8-9(2)3)13(16)11-7-10(17)5-6-12(11)14/h5-7,17H,2,4,8H2,1,3H3. The molecule has 0 atom stereocenters. The molecule has 0 bridgehead atoms. The van der Waals surface area contributed by atoms with Gasteiger partial charge in [0.05, 0.1) is 10.6 Å². The fourth-order valence-electron chi connectivity index (χ4n) is 1.50. The quantitative estimate of drug-likeness (QED) is 0.653. The zero-order valence-electron chi connectivity index (χ0n) is 10.0. The van der Waals surface area contributed by atoms with Crippen molar-refractivity contribution in [3.05, 3.63) is 40.9 Å². The second-order valence-electron chi connectivity index (χ2n) is 3.94. The average Bonchev–Trinajstić information content (AvgIpc) is 2.28. The summed E-state index contributed by atoms with van der Waals surface area (Å²) in [4.78, 5) is 14.7.